The summed E-state index contributed by atoms with van der Waals surface area (Å²) in [6.45, 7) is 5.26. The average molecular weight is 464 g/mol. The van der Waals surface area contributed by atoms with Gasteiger partial charge < -0.3 is 10.3 Å². The molecule has 2 heterocycles. The second kappa shape index (κ2) is 9.10. The summed E-state index contributed by atoms with van der Waals surface area (Å²) >= 11 is 2.60. The van der Waals surface area contributed by atoms with Crippen molar-refractivity contribution < 1.29 is 9.59 Å². The minimum Gasteiger partial charge on any atom is -0.325 e. The van der Waals surface area contributed by atoms with E-state index in [0.29, 0.717) is 26.6 Å². The predicted molar refractivity (Wildman–Crippen MR) is 131 cm³/mol. The van der Waals surface area contributed by atoms with Crippen molar-refractivity contribution in [2.45, 2.75) is 31.2 Å². The molecule has 0 fully saturated rings. The number of aromatic amines is 1. The lowest BCUT2D eigenvalue weighted by atomic mass is 10.1. The summed E-state index contributed by atoms with van der Waals surface area (Å²) in [4.78, 5) is 44.8. The lowest BCUT2D eigenvalue weighted by molar-refractivity contribution is -0.115. The van der Waals surface area contributed by atoms with Crippen molar-refractivity contribution in [1.82, 2.24) is 9.97 Å². The molecule has 0 saturated carbocycles. The van der Waals surface area contributed by atoms with Crippen LogP contribution in [-0.2, 0) is 4.79 Å². The smallest absolute Gasteiger partial charge is 0.260 e. The Morgan fingerprint density at radius 1 is 1.09 bits per heavy atom. The van der Waals surface area contributed by atoms with E-state index in [0.717, 1.165) is 16.7 Å². The third-order valence-corrected chi connectivity index (χ3v) is 6.86. The molecule has 2 N–H and O–H groups in total. The van der Waals surface area contributed by atoms with Gasteiger partial charge in [-0.05, 0) is 50.6 Å². The number of H-pyrrole nitrogens is 1. The maximum Gasteiger partial charge on any atom is 0.260 e. The molecule has 0 spiro atoms. The highest BCUT2D eigenvalue weighted by Crippen LogP contribution is 2.32. The zero-order chi connectivity index (χ0) is 22.8. The van der Waals surface area contributed by atoms with E-state index in [1.807, 2.05) is 36.6 Å². The molecule has 0 bridgehead atoms. The van der Waals surface area contributed by atoms with Crippen molar-refractivity contribution in [3.05, 3.63) is 75.4 Å². The molecule has 0 radical (unpaired) electrons. The Morgan fingerprint density at radius 2 is 1.78 bits per heavy atom. The average Bonchev–Trinajstić information content (AvgIpc) is 3.19. The predicted octanol–water partition coefficient (Wildman–Crippen LogP) is 5.28. The summed E-state index contributed by atoms with van der Waals surface area (Å²) in [7, 11) is 0. The maximum absolute atomic E-state index is 12.8. The van der Waals surface area contributed by atoms with Gasteiger partial charge in [-0.2, -0.15) is 0 Å². The van der Waals surface area contributed by atoms with Gasteiger partial charge in [-0.25, -0.2) is 4.98 Å². The number of thioether (sulfide) groups is 1. The van der Waals surface area contributed by atoms with Crippen LogP contribution in [0, 0.1) is 6.92 Å². The molecule has 1 atom stereocenters. The van der Waals surface area contributed by atoms with Gasteiger partial charge in [0.15, 0.2) is 10.9 Å². The first-order chi connectivity index (χ1) is 15.3. The Balaban J connectivity index is 1.51. The standard InChI is InChI=1S/C24H21N3O3S2/c1-13-4-6-17(7-5-13)19-12-31-23-20(19)22(30)26-24(27-23)32-15(3)21(29)25-18-10-8-16(9-11-18)14(2)28/h4-12,15H,1-3H3,(H,25,29)(H,26,27,30). The monoisotopic (exact) mass is 463 g/mol. The van der Waals surface area contributed by atoms with E-state index in [9.17, 15) is 14.4 Å². The lowest BCUT2D eigenvalue weighted by Crippen LogP contribution is -2.23. The molecule has 162 valence electrons. The number of amides is 1. The molecule has 4 rings (SSSR count). The number of hydrogen-bond donors (Lipinski definition) is 2. The summed E-state index contributed by atoms with van der Waals surface area (Å²) < 4.78 is 0. The van der Waals surface area contributed by atoms with Crippen LogP contribution < -0.4 is 10.9 Å². The van der Waals surface area contributed by atoms with Crippen LogP contribution in [0.2, 0.25) is 0 Å². The molecule has 1 unspecified atom stereocenters. The maximum atomic E-state index is 12.8. The van der Waals surface area contributed by atoms with E-state index >= 15 is 0 Å². The number of aromatic nitrogens is 2. The summed E-state index contributed by atoms with van der Waals surface area (Å²) in [5.41, 5.74) is 3.95. The number of rotatable bonds is 6. The van der Waals surface area contributed by atoms with Gasteiger partial charge in [-0.15, -0.1) is 11.3 Å². The third-order valence-electron chi connectivity index (χ3n) is 5.00. The van der Waals surface area contributed by atoms with Gasteiger partial charge in [0.1, 0.15) is 4.83 Å². The molecule has 8 heteroatoms. The number of carbonyl (C=O) groups excluding carboxylic acids is 2. The molecule has 4 aromatic rings. The molecule has 32 heavy (non-hydrogen) atoms. The Morgan fingerprint density at radius 3 is 2.44 bits per heavy atom. The van der Waals surface area contributed by atoms with Crippen LogP contribution in [0.5, 0.6) is 0 Å². The number of fused-ring (bicyclic) bond motifs is 1. The number of carbonyl (C=O) groups is 2. The van der Waals surface area contributed by atoms with Crippen LogP contribution in [0.3, 0.4) is 0 Å². The first kappa shape index (κ1) is 22.0. The normalized spacial score (nSPS) is 12.0. The molecular formula is C24H21N3O3S2. The van der Waals surface area contributed by atoms with Crippen LogP contribution in [-0.4, -0.2) is 26.9 Å². The third kappa shape index (κ3) is 4.66. The number of nitrogens with one attached hydrogen (secondary N) is 2. The fourth-order valence-corrected chi connectivity index (χ4v) is 4.99. The molecule has 1 amide bonds. The quantitative estimate of drug-likeness (QED) is 0.231. The van der Waals surface area contributed by atoms with Gasteiger partial charge in [0.25, 0.3) is 5.56 Å². The Hall–Kier alpha value is -3.23. The van der Waals surface area contributed by atoms with E-state index in [1.54, 1.807) is 31.2 Å². The summed E-state index contributed by atoms with van der Waals surface area (Å²) in [5, 5.41) is 5.23. The van der Waals surface area contributed by atoms with Crippen molar-refractivity contribution in [3.8, 4) is 11.1 Å². The van der Waals surface area contributed by atoms with Gasteiger partial charge in [0.05, 0.1) is 10.6 Å². The molecular weight excluding hydrogens is 442 g/mol. The minimum atomic E-state index is -0.486. The summed E-state index contributed by atoms with van der Waals surface area (Å²) in [5.74, 6) is -0.254. The highest BCUT2D eigenvalue weighted by atomic mass is 32.2. The molecule has 2 aromatic carbocycles. The fourth-order valence-electron chi connectivity index (χ4n) is 3.18. The Labute approximate surface area is 193 Å². The lowest BCUT2D eigenvalue weighted by Gasteiger charge is -2.11. The molecule has 0 saturated heterocycles. The Kier molecular flexibility index (Phi) is 6.25. The second-order valence-corrected chi connectivity index (χ2v) is 9.64. The SMILES string of the molecule is CC(=O)c1ccc(NC(=O)C(C)Sc2nc3scc(-c4ccc(C)cc4)c3c(=O)[nH]2)cc1. The summed E-state index contributed by atoms with van der Waals surface area (Å²) in [6, 6.07) is 14.7. The zero-order valence-electron chi connectivity index (χ0n) is 17.8. The van der Waals surface area contributed by atoms with Crippen LogP contribution in [0.15, 0.2) is 63.9 Å². The molecule has 0 aliphatic carbocycles. The number of nitrogens with zero attached hydrogens (tertiary/aromatic N) is 1. The van der Waals surface area contributed by atoms with Crippen LogP contribution in [0.25, 0.3) is 21.3 Å². The van der Waals surface area contributed by atoms with Crippen LogP contribution >= 0.6 is 23.1 Å². The van der Waals surface area contributed by atoms with Gasteiger partial charge in [0.2, 0.25) is 5.91 Å². The van der Waals surface area contributed by atoms with Gasteiger partial charge in [-0.3, -0.25) is 14.4 Å². The number of benzene rings is 2. The number of aryl methyl sites for hydroxylation is 1. The summed E-state index contributed by atoms with van der Waals surface area (Å²) in [6.07, 6.45) is 0. The van der Waals surface area contributed by atoms with Crippen molar-refractivity contribution in [3.63, 3.8) is 0 Å². The fraction of sp³-hybridized carbons (Fsp3) is 0.167. The number of hydrogen-bond acceptors (Lipinski definition) is 6. The van der Waals surface area contributed by atoms with Crippen molar-refractivity contribution in [2.75, 3.05) is 5.32 Å². The molecule has 0 aliphatic heterocycles. The number of thiophene rings is 1. The van der Waals surface area contributed by atoms with E-state index in [2.05, 4.69) is 15.3 Å². The van der Waals surface area contributed by atoms with E-state index < -0.39 is 5.25 Å². The van der Waals surface area contributed by atoms with Gasteiger partial charge in [-0.1, -0.05) is 41.6 Å². The molecule has 2 aromatic heterocycles. The molecule has 6 nitrogen and oxygen atoms in total. The zero-order valence-corrected chi connectivity index (χ0v) is 19.4. The number of ketones is 1. The minimum absolute atomic E-state index is 0.0312. The topological polar surface area (TPSA) is 91.9 Å². The second-order valence-electron chi connectivity index (χ2n) is 7.45. The van der Waals surface area contributed by atoms with Crippen LogP contribution in [0.1, 0.15) is 29.8 Å². The first-order valence-corrected chi connectivity index (χ1v) is 11.7. The van der Waals surface area contributed by atoms with Crippen molar-refractivity contribution in [2.24, 2.45) is 0 Å². The van der Waals surface area contributed by atoms with E-state index in [4.69, 9.17) is 0 Å². The highest BCUT2D eigenvalue weighted by Gasteiger charge is 2.19. The number of Topliss-reactive ketones (excluding diaryl/α,β-unsaturated/α-hetero) is 1. The van der Waals surface area contributed by atoms with Gasteiger partial charge >= 0.3 is 0 Å². The van der Waals surface area contributed by atoms with Crippen molar-refractivity contribution >= 4 is 50.7 Å². The van der Waals surface area contributed by atoms with Gasteiger partial charge in [0, 0.05) is 22.2 Å². The first-order valence-electron chi connectivity index (χ1n) is 9.99. The molecule has 0 aliphatic rings. The van der Waals surface area contributed by atoms with E-state index in [-0.39, 0.29) is 17.2 Å². The largest absolute Gasteiger partial charge is 0.325 e. The van der Waals surface area contributed by atoms with Crippen LogP contribution in [0.4, 0.5) is 5.69 Å². The highest BCUT2D eigenvalue weighted by molar-refractivity contribution is 8.00. The van der Waals surface area contributed by atoms with E-state index in [1.165, 1.54) is 30.0 Å². The Bertz CT molecular complexity index is 1360. The van der Waals surface area contributed by atoms with Crippen molar-refractivity contribution in [1.29, 1.82) is 0 Å². The number of anilines is 1.